The van der Waals surface area contributed by atoms with Crippen molar-refractivity contribution in [1.29, 1.82) is 0 Å². The van der Waals surface area contributed by atoms with Crippen LogP contribution in [0.15, 0.2) is 83.3 Å². The third-order valence-electron chi connectivity index (χ3n) is 4.79. The maximum atomic E-state index is 12.8. The average molecular weight is 382 g/mol. The van der Waals surface area contributed by atoms with Gasteiger partial charge in [0, 0.05) is 22.6 Å². The third-order valence-corrected chi connectivity index (χ3v) is 4.79. The Kier molecular flexibility index (Phi) is 4.83. The van der Waals surface area contributed by atoms with Gasteiger partial charge < -0.3 is 9.52 Å². The minimum atomic E-state index is -0.329. The number of hydrogen-bond donors (Lipinski definition) is 1. The number of furan rings is 1. The van der Waals surface area contributed by atoms with Gasteiger partial charge in [0.2, 0.25) is 5.78 Å². The van der Waals surface area contributed by atoms with Gasteiger partial charge in [-0.1, -0.05) is 66.7 Å². The van der Waals surface area contributed by atoms with E-state index in [9.17, 15) is 14.7 Å². The maximum absolute atomic E-state index is 12.8. The molecule has 142 valence electrons. The summed E-state index contributed by atoms with van der Waals surface area (Å²) in [6, 6.07) is 21.2. The van der Waals surface area contributed by atoms with Gasteiger partial charge in [0.1, 0.15) is 11.3 Å². The number of ketones is 2. The zero-order valence-electron chi connectivity index (χ0n) is 15.8. The van der Waals surface area contributed by atoms with Crippen molar-refractivity contribution in [2.45, 2.75) is 6.92 Å². The van der Waals surface area contributed by atoms with E-state index in [4.69, 9.17) is 4.42 Å². The van der Waals surface area contributed by atoms with Crippen LogP contribution < -0.4 is 0 Å². The SMILES string of the molecule is Cc1c(C(=O)c2ccccc2)oc2cc(O)c(C(=O)/C=C/c3ccccc3)cc12. The predicted molar refractivity (Wildman–Crippen MR) is 112 cm³/mol. The van der Waals surface area contributed by atoms with Crippen LogP contribution in [-0.4, -0.2) is 16.7 Å². The monoisotopic (exact) mass is 382 g/mol. The molecule has 0 fully saturated rings. The number of aromatic hydroxyl groups is 1. The summed E-state index contributed by atoms with van der Waals surface area (Å²) in [6.07, 6.45) is 3.11. The Morgan fingerprint density at radius 1 is 0.931 bits per heavy atom. The summed E-state index contributed by atoms with van der Waals surface area (Å²) in [7, 11) is 0. The van der Waals surface area contributed by atoms with Crippen molar-refractivity contribution in [1.82, 2.24) is 0 Å². The van der Waals surface area contributed by atoms with Crippen molar-refractivity contribution < 1.29 is 19.1 Å². The quantitative estimate of drug-likeness (QED) is 0.362. The van der Waals surface area contributed by atoms with E-state index in [1.165, 1.54) is 12.1 Å². The van der Waals surface area contributed by atoms with Crippen LogP contribution in [0.4, 0.5) is 0 Å². The highest BCUT2D eigenvalue weighted by Gasteiger charge is 2.21. The van der Waals surface area contributed by atoms with Crippen molar-refractivity contribution in [3.8, 4) is 5.75 Å². The Hall–Kier alpha value is -3.92. The first kappa shape index (κ1) is 18.4. The summed E-state index contributed by atoms with van der Waals surface area (Å²) in [4.78, 5) is 25.4. The van der Waals surface area contributed by atoms with Gasteiger partial charge in [0.05, 0.1) is 5.56 Å². The fourth-order valence-corrected chi connectivity index (χ4v) is 3.22. The van der Waals surface area contributed by atoms with Gasteiger partial charge >= 0.3 is 0 Å². The molecule has 4 heteroatoms. The number of rotatable bonds is 5. The summed E-state index contributed by atoms with van der Waals surface area (Å²) in [5.41, 5.74) is 2.56. The number of fused-ring (bicyclic) bond motifs is 1. The van der Waals surface area contributed by atoms with Crippen LogP contribution in [0.2, 0.25) is 0 Å². The number of phenolic OH excluding ortho intramolecular Hbond substituents is 1. The Morgan fingerprint density at radius 2 is 1.59 bits per heavy atom. The Morgan fingerprint density at radius 3 is 2.28 bits per heavy atom. The highest BCUT2D eigenvalue weighted by Crippen LogP contribution is 2.32. The first-order valence-corrected chi connectivity index (χ1v) is 9.18. The van der Waals surface area contributed by atoms with E-state index in [0.717, 1.165) is 5.56 Å². The highest BCUT2D eigenvalue weighted by atomic mass is 16.3. The average Bonchev–Trinajstić information content (AvgIpc) is 3.07. The first-order valence-electron chi connectivity index (χ1n) is 9.18. The van der Waals surface area contributed by atoms with E-state index >= 15 is 0 Å². The standard InChI is InChI=1S/C25H18O4/c1-16-19-14-20(21(26)13-12-17-8-4-2-5-9-17)22(27)15-23(19)29-25(16)24(28)18-10-6-3-7-11-18/h2-15,27H,1H3/b13-12+. The lowest BCUT2D eigenvalue weighted by atomic mass is 10.0. The normalized spacial score (nSPS) is 11.2. The molecule has 4 aromatic rings. The van der Waals surface area contributed by atoms with Gasteiger partial charge in [-0.25, -0.2) is 0 Å². The summed E-state index contributed by atoms with van der Waals surface area (Å²) in [6.45, 7) is 1.77. The van der Waals surface area contributed by atoms with Crippen LogP contribution in [-0.2, 0) is 0 Å². The van der Waals surface area contributed by atoms with Crippen LogP contribution in [0.3, 0.4) is 0 Å². The molecule has 0 saturated heterocycles. The molecular formula is C25H18O4. The minimum Gasteiger partial charge on any atom is -0.507 e. The summed E-state index contributed by atoms with van der Waals surface area (Å²) < 4.78 is 5.72. The lowest BCUT2D eigenvalue weighted by Gasteiger charge is -2.01. The van der Waals surface area contributed by atoms with Crippen LogP contribution in [0, 0.1) is 6.92 Å². The zero-order chi connectivity index (χ0) is 20.4. The number of carbonyl (C=O) groups is 2. The number of hydrogen-bond acceptors (Lipinski definition) is 4. The molecule has 0 bridgehead atoms. The van der Waals surface area contributed by atoms with Gasteiger partial charge in [-0.15, -0.1) is 0 Å². The fraction of sp³-hybridized carbons (Fsp3) is 0.0400. The van der Waals surface area contributed by atoms with Gasteiger partial charge in [-0.3, -0.25) is 9.59 Å². The van der Waals surface area contributed by atoms with Crippen LogP contribution in [0.1, 0.15) is 37.6 Å². The first-order chi connectivity index (χ1) is 14.0. The molecule has 4 nitrogen and oxygen atoms in total. The van der Waals surface area contributed by atoms with Crippen molar-refractivity contribution >= 4 is 28.6 Å². The van der Waals surface area contributed by atoms with E-state index in [-0.39, 0.29) is 28.6 Å². The molecule has 0 aliphatic heterocycles. The molecule has 0 saturated carbocycles. The molecule has 0 aliphatic rings. The van der Waals surface area contributed by atoms with E-state index < -0.39 is 0 Å². The maximum Gasteiger partial charge on any atom is 0.228 e. The van der Waals surface area contributed by atoms with Crippen LogP contribution >= 0.6 is 0 Å². The Bertz CT molecular complexity index is 1230. The molecule has 1 aromatic heterocycles. The van der Waals surface area contributed by atoms with Crippen molar-refractivity contribution in [2.24, 2.45) is 0 Å². The number of carbonyl (C=O) groups excluding carboxylic acids is 2. The van der Waals surface area contributed by atoms with Gasteiger partial charge in [0.25, 0.3) is 0 Å². The number of phenols is 1. The second kappa shape index (κ2) is 7.60. The number of allylic oxidation sites excluding steroid dienone is 1. The fourth-order valence-electron chi connectivity index (χ4n) is 3.22. The molecule has 29 heavy (non-hydrogen) atoms. The minimum absolute atomic E-state index is 0.160. The third kappa shape index (κ3) is 3.60. The molecule has 0 atom stereocenters. The summed E-state index contributed by atoms with van der Waals surface area (Å²) >= 11 is 0. The Labute approximate surface area is 167 Å². The van der Waals surface area contributed by atoms with Gasteiger partial charge in [-0.2, -0.15) is 0 Å². The highest BCUT2D eigenvalue weighted by molar-refractivity contribution is 6.13. The zero-order valence-corrected chi connectivity index (χ0v) is 15.8. The van der Waals surface area contributed by atoms with E-state index in [1.54, 1.807) is 43.3 Å². The van der Waals surface area contributed by atoms with Crippen molar-refractivity contribution in [2.75, 3.05) is 0 Å². The van der Waals surface area contributed by atoms with Gasteiger partial charge in [0.15, 0.2) is 11.5 Å². The summed E-state index contributed by atoms with van der Waals surface area (Å²) in [5.74, 6) is -0.553. The molecule has 3 aromatic carbocycles. The largest absolute Gasteiger partial charge is 0.507 e. The van der Waals surface area contributed by atoms with Crippen molar-refractivity contribution in [3.05, 3.63) is 107 Å². The lowest BCUT2D eigenvalue weighted by Crippen LogP contribution is -2.00. The molecule has 1 heterocycles. The molecule has 1 N–H and O–H groups in total. The Balaban J connectivity index is 1.71. The molecule has 0 spiro atoms. The number of aryl methyl sites for hydroxylation is 1. The lowest BCUT2D eigenvalue weighted by molar-refractivity contribution is 0.101. The van der Waals surface area contributed by atoms with Crippen LogP contribution in [0.25, 0.3) is 17.0 Å². The molecule has 0 unspecified atom stereocenters. The van der Waals surface area contributed by atoms with Gasteiger partial charge in [-0.05, 0) is 24.6 Å². The molecular weight excluding hydrogens is 364 g/mol. The second-order valence-corrected chi connectivity index (χ2v) is 6.73. The van der Waals surface area contributed by atoms with Crippen molar-refractivity contribution in [3.63, 3.8) is 0 Å². The van der Waals surface area contributed by atoms with E-state index in [0.29, 0.717) is 22.1 Å². The van der Waals surface area contributed by atoms with Crippen LogP contribution in [0.5, 0.6) is 5.75 Å². The summed E-state index contributed by atoms with van der Waals surface area (Å²) in [5, 5.41) is 11.0. The molecule has 0 radical (unpaired) electrons. The molecule has 0 amide bonds. The van der Waals surface area contributed by atoms with E-state index in [2.05, 4.69) is 0 Å². The topological polar surface area (TPSA) is 67.5 Å². The molecule has 0 aliphatic carbocycles. The smallest absolute Gasteiger partial charge is 0.228 e. The van der Waals surface area contributed by atoms with E-state index in [1.807, 2.05) is 36.4 Å². The molecule has 4 rings (SSSR count). The number of benzene rings is 3. The second-order valence-electron chi connectivity index (χ2n) is 6.73. The predicted octanol–water partition coefficient (Wildman–Crippen LogP) is 5.57.